The monoisotopic (exact) mass is 558 g/mol. The number of hydrogen-bond acceptors (Lipinski definition) is 0. The average molecular weight is 561 g/mol. The first-order chi connectivity index (χ1) is 13.5. The molecule has 2 aliphatic carbocycles. The molecule has 7 heteroatoms. The van der Waals surface area contributed by atoms with Crippen LogP contribution < -0.4 is 0 Å². The first kappa shape index (κ1) is 30.4. The molecule has 0 aromatic rings. The van der Waals surface area contributed by atoms with Crippen molar-refractivity contribution in [2.45, 2.75) is 96.3 Å². The minimum atomic E-state index is -3.96. The third-order valence-corrected chi connectivity index (χ3v) is 24.9. The Morgan fingerprint density at radius 3 is 2.17 bits per heavy atom. The Kier molecular flexibility index (Phi) is 16.3. The van der Waals surface area contributed by atoms with Gasteiger partial charge in [-0.15, -0.1) is 24.8 Å². The van der Waals surface area contributed by atoms with Crippen molar-refractivity contribution in [1.29, 1.82) is 0 Å². The summed E-state index contributed by atoms with van der Waals surface area (Å²) in [7, 11) is 0. The van der Waals surface area contributed by atoms with E-state index in [0.717, 1.165) is 32.1 Å². The summed E-state index contributed by atoms with van der Waals surface area (Å²) in [5.74, 6) is -3.96. The Hall–Kier alpha value is 0.430. The first-order valence-corrected chi connectivity index (χ1v) is 18.9. The summed E-state index contributed by atoms with van der Waals surface area (Å²) in [6.07, 6.45) is 22.3. The summed E-state index contributed by atoms with van der Waals surface area (Å²) in [5.41, 5.74) is -0.984. The smallest absolute Gasteiger partial charge is 0.147 e. The van der Waals surface area contributed by atoms with E-state index in [9.17, 15) is 13.2 Å². The fourth-order valence-corrected chi connectivity index (χ4v) is 23.4. The van der Waals surface area contributed by atoms with Gasteiger partial charge in [0.2, 0.25) is 0 Å². The molecule has 0 fully saturated rings. The number of alkyl halides is 3. The fourth-order valence-electron chi connectivity index (χ4n) is 4.03. The van der Waals surface area contributed by atoms with Crippen LogP contribution in [0.5, 0.6) is 0 Å². The van der Waals surface area contributed by atoms with Crippen molar-refractivity contribution in [2.24, 2.45) is 0 Å². The van der Waals surface area contributed by atoms with Gasteiger partial charge in [0, 0.05) is 0 Å². The summed E-state index contributed by atoms with van der Waals surface area (Å²) >= 11 is -2.84. The number of rotatable bonds is 12. The SMILES string of the molecule is CCCCCCCCC1=CC[C](/[Zr]([C]2=CC=CC2)=[Si](\CCCC)C(F)(F)F)=C1.Cl.Cl. The molecule has 0 N–H and O–H groups in total. The summed E-state index contributed by atoms with van der Waals surface area (Å²) in [6.45, 7) is 4.23. The van der Waals surface area contributed by atoms with Crippen LogP contribution in [0.2, 0.25) is 6.04 Å². The minimum absolute atomic E-state index is 0. The standard InChI is InChI=1S/C13H21.C5H9F3Si.C5H5.2ClH.Zr/c1-2-3-4-5-6-7-10-13-11-8-9-12-13;1-2-3-4-9-5(6,7)8;1-2-4-5-3-1;;;/h11-12H,2-8,10H2,1H3;2-4H2,1H3;1-3H,4H2;2*1H;. The van der Waals surface area contributed by atoms with Gasteiger partial charge in [-0.25, -0.2) is 0 Å². The van der Waals surface area contributed by atoms with E-state index in [1.165, 1.54) is 50.7 Å². The van der Waals surface area contributed by atoms with E-state index in [4.69, 9.17) is 0 Å². The van der Waals surface area contributed by atoms with E-state index in [-0.39, 0.29) is 24.8 Å². The maximum atomic E-state index is 14.1. The normalized spacial score (nSPS) is 16.4. The predicted octanol–water partition coefficient (Wildman–Crippen LogP) is 9.15. The van der Waals surface area contributed by atoms with Crippen molar-refractivity contribution >= 4 is 30.2 Å². The molecule has 30 heavy (non-hydrogen) atoms. The van der Waals surface area contributed by atoms with Gasteiger partial charge >= 0.3 is 178 Å². The molecule has 2 aliphatic rings. The molecule has 0 heterocycles. The molecule has 0 aliphatic heterocycles. The van der Waals surface area contributed by atoms with E-state index < -0.39 is 31.6 Å². The van der Waals surface area contributed by atoms with Gasteiger partial charge in [0.25, 0.3) is 0 Å². The molecule has 0 aromatic carbocycles. The second kappa shape index (κ2) is 16.1. The summed E-state index contributed by atoms with van der Waals surface area (Å²) in [6, 6.07) is 0.418. The van der Waals surface area contributed by atoms with Crippen molar-refractivity contribution in [2.75, 3.05) is 0 Å². The van der Waals surface area contributed by atoms with Crippen LogP contribution >= 0.6 is 24.8 Å². The number of hydrogen-bond donors (Lipinski definition) is 0. The van der Waals surface area contributed by atoms with Gasteiger partial charge in [0.15, 0.2) is 0 Å². The van der Waals surface area contributed by atoms with E-state index in [0.29, 0.717) is 6.04 Å². The first-order valence-electron chi connectivity index (χ1n) is 11.0. The van der Waals surface area contributed by atoms with Crippen molar-refractivity contribution in [1.82, 2.24) is 0 Å². The van der Waals surface area contributed by atoms with Gasteiger partial charge in [-0.3, -0.25) is 0 Å². The minimum Gasteiger partial charge on any atom is -0.147 e. The molecule has 0 saturated heterocycles. The third-order valence-electron chi connectivity index (χ3n) is 5.60. The molecular formula is C23H37Cl2F3SiZr. The average Bonchev–Trinajstić information content (AvgIpc) is 3.33. The van der Waals surface area contributed by atoms with Crippen LogP contribution in [-0.4, -0.2) is 11.2 Å². The number of unbranched alkanes of at least 4 members (excludes halogenated alkanes) is 6. The van der Waals surface area contributed by atoms with Gasteiger partial charge in [-0.05, 0) is 0 Å². The van der Waals surface area contributed by atoms with Crippen molar-refractivity contribution in [3.8, 4) is 0 Å². The zero-order valence-electron chi connectivity index (χ0n) is 18.3. The Bertz CT molecular complexity index is 676. The topological polar surface area (TPSA) is 0 Å². The van der Waals surface area contributed by atoms with Crippen LogP contribution in [0.15, 0.2) is 42.5 Å². The molecule has 0 nitrogen and oxygen atoms in total. The molecule has 172 valence electrons. The zero-order chi connectivity index (χ0) is 20.4. The maximum Gasteiger partial charge on any atom is -0.147 e. The number of halogens is 5. The third kappa shape index (κ3) is 9.92. The van der Waals surface area contributed by atoms with Crippen LogP contribution in [0.4, 0.5) is 13.2 Å². The van der Waals surface area contributed by atoms with Gasteiger partial charge in [-0.2, -0.15) is 0 Å². The summed E-state index contributed by atoms with van der Waals surface area (Å²) in [4.78, 5) is 0. The zero-order valence-corrected chi connectivity index (χ0v) is 23.4. The predicted molar refractivity (Wildman–Crippen MR) is 127 cm³/mol. The quantitative estimate of drug-likeness (QED) is 0.165. The van der Waals surface area contributed by atoms with E-state index in [1.54, 1.807) is 0 Å². The molecular weight excluding hydrogens is 523 g/mol. The molecule has 0 radical (unpaired) electrons. The Balaban J connectivity index is 0.00000420. The molecule has 0 saturated carbocycles. The fraction of sp³-hybridized carbons (Fsp3) is 0.652. The van der Waals surface area contributed by atoms with Gasteiger partial charge in [0.05, 0.1) is 0 Å². The second-order valence-corrected chi connectivity index (χ2v) is 22.4. The van der Waals surface area contributed by atoms with E-state index in [2.05, 4.69) is 19.1 Å². The van der Waals surface area contributed by atoms with Gasteiger partial charge in [0.1, 0.15) is 0 Å². The molecule has 0 amide bonds. The molecule has 0 atom stereocenters. The molecule has 0 aromatic heterocycles. The van der Waals surface area contributed by atoms with Crippen LogP contribution in [0.1, 0.15) is 84.5 Å². The summed E-state index contributed by atoms with van der Waals surface area (Å²) in [5, 5.41) is 0. The molecule has 0 bridgehead atoms. The van der Waals surface area contributed by atoms with Crippen molar-refractivity contribution in [3.63, 3.8) is 0 Å². The van der Waals surface area contributed by atoms with Crippen LogP contribution in [0.25, 0.3) is 0 Å². The van der Waals surface area contributed by atoms with Crippen molar-refractivity contribution < 1.29 is 33.5 Å². The van der Waals surface area contributed by atoms with Crippen LogP contribution in [-0.2, 0) is 20.4 Å². The Labute approximate surface area is 201 Å². The van der Waals surface area contributed by atoms with Crippen molar-refractivity contribution in [3.05, 3.63) is 42.5 Å². The van der Waals surface area contributed by atoms with Gasteiger partial charge in [-0.1, -0.05) is 0 Å². The second-order valence-electron chi connectivity index (χ2n) is 7.95. The Morgan fingerprint density at radius 1 is 0.900 bits per heavy atom. The largest absolute Gasteiger partial charge is 0.147 e. The molecule has 0 spiro atoms. The Morgan fingerprint density at radius 2 is 1.57 bits per heavy atom. The van der Waals surface area contributed by atoms with Crippen LogP contribution in [0.3, 0.4) is 0 Å². The van der Waals surface area contributed by atoms with Crippen LogP contribution in [0, 0.1) is 0 Å². The van der Waals surface area contributed by atoms with E-state index in [1.807, 2.05) is 25.2 Å². The molecule has 2 rings (SSSR count). The molecule has 0 unspecified atom stereocenters. The van der Waals surface area contributed by atoms with Gasteiger partial charge < -0.3 is 0 Å². The number of allylic oxidation sites excluding steroid dienone is 8. The maximum absolute atomic E-state index is 14.1. The van der Waals surface area contributed by atoms with E-state index >= 15 is 0 Å². The summed E-state index contributed by atoms with van der Waals surface area (Å²) < 4.78 is 44.6.